The zero-order valence-electron chi connectivity index (χ0n) is 8.22. The number of hydrogen-bond donors (Lipinski definition) is 1. The molecule has 0 spiro atoms. The Labute approximate surface area is 92.6 Å². The first-order valence-electron chi connectivity index (χ1n) is 4.82. The summed E-state index contributed by atoms with van der Waals surface area (Å²) in [6, 6.07) is 4.35. The summed E-state index contributed by atoms with van der Waals surface area (Å²) < 4.78 is 6.50. The third-order valence-electron chi connectivity index (χ3n) is 2.78. The van der Waals surface area contributed by atoms with Gasteiger partial charge in [0.1, 0.15) is 5.75 Å². The highest BCUT2D eigenvalue weighted by atomic mass is 79.9. The summed E-state index contributed by atoms with van der Waals surface area (Å²) in [6.07, 6.45) is 3.03. The van der Waals surface area contributed by atoms with Gasteiger partial charge >= 0.3 is 0 Å². The van der Waals surface area contributed by atoms with Crippen LogP contribution in [0.3, 0.4) is 0 Å². The van der Waals surface area contributed by atoms with Crippen molar-refractivity contribution in [1.82, 2.24) is 0 Å². The fourth-order valence-corrected chi connectivity index (χ4v) is 2.56. The summed E-state index contributed by atoms with van der Waals surface area (Å²) in [5.74, 6) is 0.995. The summed E-state index contributed by atoms with van der Waals surface area (Å²) in [5, 5.41) is 0. The maximum absolute atomic E-state index is 5.95. The van der Waals surface area contributed by atoms with Crippen molar-refractivity contribution >= 4 is 15.9 Å². The van der Waals surface area contributed by atoms with Crippen molar-refractivity contribution < 1.29 is 4.74 Å². The number of nitrogens with two attached hydrogens (primary N) is 1. The van der Waals surface area contributed by atoms with Crippen LogP contribution in [0.1, 0.15) is 17.5 Å². The number of benzene rings is 1. The largest absolute Gasteiger partial charge is 0.496 e. The van der Waals surface area contributed by atoms with Gasteiger partial charge in [0.05, 0.1) is 7.11 Å². The average molecular weight is 256 g/mol. The van der Waals surface area contributed by atoms with E-state index >= 15 is 0 Å². The van der Waals surface area contributed by atoms with Gasteiger partial charge in [0, 0.05) is 10.5 Å². The Balaban J connectivity index is 2.49. The van der Waals surface area contributed by atoms with Gasteiger partial charge in [0.25, 0.3) is 0 Å². The van der Waals surface area contributed by atoms with Crippen molar-refractivity contribution in [3.05, 3.63) is 27.7 Å². The molecule has 0 heterocycles. The Bertz CT molecular complexity index is 351. The van der Waals surface area contributed by atoms with Crippen LogP contribution in [0.4, 0.5) is 0 Å². The highest BCUT2D eigenvalue weighted by Gasteiger charge is 2.20. The summed E-state index contributed by atoms with van der Waals surface area (Å²) in [5.41, 5.74) is 8.59. The Kier molecular flexibility index (Phi) is 2.79. The third-order valence-corrected chi connectivity index (χ3v) is 3.53. The number of ether oxygens (including phenoxy) is 1. The van der Waals surface area contributed by atoms with Crippen LogP contribution in [0.25, 0.3) is 0 Å². The predicted molar refractivity (Wildman–Crippen MR) is 60.7 cm³/mol. The zero-order valence-corrected chi connectivity index (χ0v) is 9.80. The van der Waals surface area contributed by atoms with E-state index in [2.05, 4.69) is 15.9 Å². The van der Waals surface area contributed by atoms with Crippen molar-refractivity contribution in [3.8, 4) is 5.75 Å². The Morgan fingerprint density at radius 1 is 1.43 bits per heavy atom. The summed E-state index contributed by atoms with van der Waals surface area (Å²) in [4.78, 5) is 0. The molecular weight excluding hydrogens is 242 g/mol. The van der Waals surface area contributed by atoms with Crippen molar-refractivity contribution in [2.45, 2.75) is 25.3 Å². The number of hydrogen-bond acceptors (Lipinski definition) is 2. The van der Waals surface area contributed by atoms with Gasteiger partial charge in [0.15, 0.2) is 0 Å². The highest BCUT2D eigenvalue weighted by molar-refractivity contribution is 9.10. The molecule has 1 aromatic carbocycles. The fraction of sp³-hybridized carbons (Fsp3) is 0.455. The van der Waals surface area contributed by atoms with E-state index < -0.39 is 0 Å². The first kappa shape index (κ1) is 9.99. The molecule has 1 atom stereocenters. The van der Waals surface area contributed by atoms with E-state index in [1.807, 2.05) is 12.1 Å². The van der Waals surface area contributed by atoms with Gasteiger partial charge in [-0.2, -0.15) is 0 Å². The molecule has 14 heavy (non-hydrogen) atoms. The minimum Gasteiger partial charge on any atom is -0.496 e. The smallest absolute Gasteiger partial charge is 0.122 e. The van der Waals surface area contributed by atoms with E-state index in [0.29, 0.717) is 6.04 Å². The van der Waals surface area contributed by atoms with Crippen molar-refractivity contribution in [3.63, 3.8) is 0 Å². The van der Waals surface area contributed by atoms with Crippen molar-refractivity contribution in [2.75, 3.05) is 7.11 Å². The molecule has 1 aliphatic carbocycles. The number of rotatable bonds is 1. The van der Waals surface area contributed by atoms with E-state index in [4.69, 9.17) is 10.5 Å². The molecular formula is C11H14BrNO. The second-order valence-corrected chi connectivity index (χ2v) is 4.56. The first-order valence-corrected chi connectivity index (χ1v) is 5.61. The second kappa shape index (κ2) is 3.91. The Morgan fingerprint density at radius 2 is 2.21 bits per heavy atom. The number of methoxy groups -OCH3 is 1. The van der Waals surface area contributed by atoms with Crippen molar-refractivity contribution in [2.24, 2.45) is 5.73 Å². The lowest BCUT2D eigenvalue weighted by Crippen LogP contribution is -2.28. The fourth-order valence-electron chi connectivity index (χ4n) is 2.02. The van der Waals surface area contributed by atoms with E-state index in [1.54, 1.807) is 7.11 Å². The lowest BCUT2D eigenvalue weighted by molar-refractivity contribution is 0.404. The van der Waals surface area contributed by atoms with Crippen LogP contribution in [-0.4, -0.2) is 13.2 Å². The maximum atomic E-state index is 5.95. The summed E-state index contributed by atoms with van der Waals surface area (Å²) >= 11 is 3.56. The molecule has 3 heteroatoms. The predicted octanol–water partition coefficient (Wildman–Crippen LogP) is 2.27. The van der Waals surface area contributed by atoms with Gasteiger partial charge < -0.3 is 10.5 Å². The van der Waals surface area contributed by atoms with Crippen LogP contribution in [0, 0.1) is 0 Å². The van der Waals surface area contributed by atoms with Crippen LogP contribution in [0.5, 0.6) is 5.75 Å². The third kappa shape index (κ3) is 1.66. The van der Waals surface area contributed by atoms with E-state index in [-0.39, 0.29) is 0 Å². The molecule has 0 amide bonds. The molecule has 2 rings (SSSR count). The monoisotopic (exact) mass is 255 g/mol. The quantitative estimate of drug-likeness (QED) is 0.836. The minimum atomic E-state index is 0.297. The van der Waals surface area contributed by atoms with E-state index in [9.17, 15) is 0 Å². The van der Waals surface area contributed by atoms with Crippen LogP contribution < -0.4 is 10.5 Å². The lowest BCUT2D eigenvalue weighted by Gasteiger charge is -2.24. The van der Waals surface area contributed by atoms with Gasteiger partial charge in [-0.15, -0.1) is 0 Å². The molecule has 1 aliphatic rings. The van der Waals surface area contributed by atoms with Crippen molar-refractivity contribution in [1.29, 1.82) is 0 Å². The SMILES string of the molecule is COc1ccc(Br)c2c1CC[C@@H](N)C2. The molecule has 0 bridgehead atoms. The molecule has 0 saturated heterocycles. The van der Waals surface area contributed by atoms with E-state index in [0.717, 1.165) is 29.5 Å². The van der Waals surface area contributed by atoms with Gasteiger partial charge in [0.2, 0.25) is 0 Å². The zero-order chi connectivity index (χ0) is 10.1. The highest BCUT2D eigenvalue weighted by Crippen LogP contribution is 2.34. The van der Waals surface area contributed by atoms with Crippen LogP contribution in [-0.2, 0) is 12.8 Å². The summed E-state index contributed by atoms with van der Waals surface area (Å²) in [7, 11) is 1.72. The maximum Gasteiger partial charge on any atom is 0.122 e. The van der Waals surface area contributed by atoms with Gasteiger partial charge in [-0.3, -0.25) is 0 Å². The van der Waals surface area contributed by atoms with Gasteiger partial charge in [-0.25, -0.2) is 0 Å². The molecule has 0 radical (unpaired) electrons. The molecule has 0 aromatic heterocycles. The van der Waals surface area contributed by atoms with Gasteiger partial charge in [-0.1, -0.05) is 15.9 Å². The Morgan fingerprint density at radius 3 is 2.93 bits per heavy atom. The second-order valence-electron chi connectivity index (χ2n) is 3.71. The standard InChI is InChI=1S/C11H14BrNO/c1-14-11-5-4-10(12)9-6-7(13)2-3-8(9)11/h4-5,7H,2-3,6,13H2,1H3/t7-/m1/s1. The number of fused-ring (bicyclic) bond motifs is 1. The van der Waals surface area contributed by atoms with Crippen LogP contribution >= 0.6 is 15.9 Å². The Hall–Kier alpha value is -0.540. The molecule has 0 aliphatic heterocycles. The molecule has 0 unspecified atom stereocenters. The molecule has 1 aromatic rings. The molecule has 2 N–H and O–H groups in total. The lowest BCUT2D eigenvalue weighted by atomic mass is 9.88. The minimum absolute atomic E-state index is 0.297. The molecule has 76 valence electrons. The average Bonchev–Trinajstić information content (AvgIpc) is 2.19. The van der Waals surface area contributed by atoms with Crippen LogP contribution in [0.15, 0.2) is 16.6 Å². The first-order chi connectivity index (χ1) is 6.72. The molecule has 2 nitrogen and oxygen atoms in total. The van der Waals surface area contributed by atoms with E-state index in [1.165, 1.54) is 11.1 Å². The number of halogens is 1. The summed E-state index contributed by atoms with van der Waals surface area (Å²) in [6.45, 7) is 0. The molecule has 0 saturated carbocycles. The van der Waals surface area contributed by atoms with Gasteiger partial charge in [-0.05, 0) is 42.5 Å². The normalized spacial score (nSPS) is 20.4. The topological polar surface area (TPSA) is 35.2 Å². The van der Waals surface area contributed by atoms with Crippen LogP contribution in [0.2, 0.25) is 0 Å². The molecule has 0 fully saturated rings.